The fourth-order valence-corrected chi connectivity index (χ4v) is 3.36. The van der Waals surface area contributed by atoms with E-state index in [4.69, 9.17) is 5.73 Å². The molecular formula is C19H29N3O2. The summed E-state index contributed by atoms with van der Waals surface area (Å²) in [5, 5.41) is 0. The molecule has 5 heteroatoms. The molecule has 0 bridgehead atoms. The first-order valence-corrected chi connectivity index (χ1v) is 8.92. The van der Waals surface area contributed by atoms with Gasteiger partial charge in [-0.05, 0) is 56.9 Å². The summed E-state index contributed by atoms with van der Waals surface area (Å²) in [5.74, 6) is 0.626. The molecule has 1 aliphatic heterocycles. The molecule has 132 valence electrons. The van der Waals surface area contributed by atoms with Gasteiger partial charge >= 0.3 is 0 Å². The maximum absolute atomic E-state index is 12.8. The average Bonchev–Trinajstić information content (AvgIpc) is 2.62. The van der Waals surface area contributed by atoms with Crippen LogP contribution in [0.15, 0.2) is 24.3 Å². The number of nitrogens with zero attached hydrogens (tertiary/aromatic N) is 2. The van der Waals surface area contributed by atoms with Gasteiger partial charge in [0, 0.05) is 43.3 Å². The van der Waals surface area contributed by atoms with Crippen LogP contribution >= 0.6 is 0 Å². The lowest BCUT2D eigenvalue weighted by molar-refractivity contribution is 0.0573. The quantitative estimate of drug-likeness (QED) is 0.901. The van der Waals surface area contributed by atoms with E-state index in [1.807, 2.05) is 18.7 Å². The number of likely N-dealkylation sites (tertiary alicyclic amines) is 1. The minimum atomic E-state index is 0.00521. The SMILES string of the molecule is CCN(CC)C(=O)c1ccc(C(=O)N2CCC(C)CC2CN)cc1. The Hall–Kier alpha value is -1.88. The Morgan fingerprint density at radius 2 is 1.75 bits per heavy atom. The summed E-state index contributed by atoms with van der Waals surface area (Å²) in [4.78, 5) is 28.8. The van der Waals surface area contributed by atoms with Crippen molar-refractivity contribution in [3.63, 3.8) is 0 Å². The van der Waals surface area contributed by atoms with E-state index in [9.17, 15) is 9.59 Å². The molecule has 1 aliphatic rings. The minimum absolute atomic E-state index is 0.00521. The molecule has 0 spiro atoms. The number of carbonyl (C=O) groups excluding carboxylic acids is 2. The lowest BCUT2D eigenvalue weighted by Crippen LogP contribution is -2.49. The second-order valence-electron chi connectivity index (χ2n) is 6.57. The van der Waals surface area contributed by atoms with Crippen LogP contribution in [0.25, 0.3) is 0 Å². The predicted molar refractivity (Wildman–Crippen MR) is 96.0 cm³/mol. The molecular weight excluding hydrogens is 302 g/mol. The van der Waals surface area contributed by atoms with Crippen molar-refractivity contribution in [3.05, 3.63) is 35.4 Å². The number of amides is 2. The van der Waals surface area contributed by atoms with Crippen molar-refractivity contribution in [2.75, 3.05) is 26.2 Å². The summed E-state index contributed by atoms with van der Waals surface area (Å²) in [6, 6.07) is 7.11. The number of rotatable bonds is 5. The summed E-state index contributed by atoms with van der Waals surface area (Å²) in [5.41, 5.74) is 7.10. The number of carbonyl (C=O) groups is 2. The lowest BCUT2D eigenvalue weighted by atomic mass is 9.92. The molecule has 0 saturated carbocycles. The predicted octanol–water partition coefficient (Wildman–Crippen LogP) is 2.37. The van der Waals surface area contributed by atoms with Crippen molar-refractivity contribution in [2.45, 2.75) is 39.7 Å². The van der Waals surface area contributed by atoms with Gasteiger partial charge in [-0.15, -0.1) is 0 Å². The smallest absolute Gasteiger partial charge is 0.254 e. The largest absolute Gasteiger partial charge is 0.339 e. The van der Waals surface area contributed by atoms with E-state index in [1.54, 1.807) is 29.2 Å². The van der Waals surface area contributed by atoms with E-state index in [1.165, 1.54) is 0 Å². The maximum Gasteiger partial charge on any atom is 0.254 e. The molecule has 1 saturated heterocycles. The van der Waals surface area contributed by atoms with Crippen LogP contribution in [-0.2, 0) is 0 Å². The normalized spacial score (nSPS) is 20.8. The first-order chi connectivity index (χ1) is 11.5. The number of hydrogen-bond donors (Lipinski definition) is 1. The number of benzene rings is 1. The minimum Gasteiger partial charge on any atom is -0.339 e. The summed E-state index contributed by atoms with van der Waals surface area (Å²) >= 11 is 0. The van der Waals surface area contributed by atoms with Gasteiger partial charge in [0.15, 0.2) is 0 Å². The van der Waals surface area contributed by atoms with Crippen LogP contribution in [0.5, 0.6) is 0 Å². The molecule has 2 unspecified atom stereocenters. The van der Waals surface area contributed by atoms with Crippen molar-refractivity contribution in [1.82, 2.24) is 9.80 Å². The van der Waals surface area contributed by atoms with Gasteiger partial charge in [-0.2, -0.15) is 0 Å². The molecule has 2 atom stereocenters. The molecule has 1 heterocycles. The molecule has 24 heavy (non-hydrogen) atoms. The van der Waals surface area contributed by atoms with Crippen molar-refractivity contribution in [3.8, 4) is 0 Å². The van der Waals surface area contributed by atoms with Gasteiger partial charge in [0.05, 0.1) is 0 Å². The first-order valence-electron chi connectivity index (χ1n) is 8.92. The van der Waals surface area contributed by atoms with E-state index in [0.717, 1.165) is 19.4 Å². The molecule has 2 amide bonds. The highest BCUT2D eigenvalue weighted by Crippen LogP contribution is 2.23. The Kier molecular flexibility index (Phi) is 6.37. The summed E-state index contributed by atoms with van der Waals surface area (Å²) in [6.07, 6.45) is 1.97. The number of nitrogens with two attached hydrogens (primary N) is 1. The Labute approximate surface area is 144 Å². The Morgan fingerprint density at radius 3 is 2.29 bits per heavy atom. The van der Waals surface area contributed by atoms with Crippen LogP contribution in [0.1, 0.15) is 54.3 Å². The van der Waals surface area contributed by atoms with Crippen molar-refractivity contribution in [1.29, 1.82) is 0 Å². The van der Waals surface area contributed by atoms with Crippen LogP contribution < -0.4 is 5.73 Å². The molecule has 1 aromatic rings. The molecule has 1 fully saturated rings. The van der Waals surface area contributed by atoms with Crippen molar-refractivity contribution < 1.29 is 9.59 Å². The summed E-state index contributed by atoms with van der Waals surface area (Å²) < 4.78 is 0. The second-order valence-corrected chi connectivity index (χ2v) is 6.57. The number of piperidine rings is 1. The molecule has 5 nitrogen and oxygen atoms in total. The van der Waals surface area contributed by atoms with E-state index in [2.05, 4.69) is 6.92 Å². The Bertz CT molecular complexity index is 566. The third-order valence-corrected chi connectivity index (χ3v) is 4.94. The standard InChI is InChI=1S/C19H29N3O2/c1-4-21(5-2)18(23)15-6-8-16(9-7-15)19(24)22-11-10-14(3)12-17(22)13-20/h6-9,14,17H,4-5,10-13,20H2,1-3H3. The maximum atomic E-state index is 12.8. The van der Waals surface area contributed by atoms with E-state index >= 15 is 0 Å². The first kappa shape index (κ1) is 18.5. The van der Waals surface area contributed by atoms with Gasteiger partial charge < -0.3 is 15.5 Å². The summed E-state index contributed by atoms with van der Waals surface area (Å²) in [6.45, 7) is 8.74. The zero-order chi connectivity index (χ0) is 17.7. The van der Waals surface area contributed by atoms with Crippen LogP contribution in [0.4, 0.5) is 0 Å². The molecule has 0 radical (unpaired) electrons. The van der Waals surface area contributed by atoms with Crippen LogP contribution in [0.3, 0.4) is 0 Å². The van der Waals surface area contributed by atoms with Crippen LogP contribution in [0.2, 0.25) is 0 Å². The highest BCUT2D eigenvalue weighted by Gasteiger charge is 2.29. The van der Waals surface area contributed by atoms with Crippen molar-refractivity contribution in [2.24, 2.45) is 11.7 Å². The van der Waals surface area contributed by atoms with Gasteiger partial charge in [0.1, 0.15) is 0 Å². The van der Waals surface area contributed by atoms with Crippen LogP contribution in [0, 0.1) is 5.92 Å². The van der Waals surface area contributed by atoms with E-state index in [0.29, 0.717) is 36.7 Å². The molecule has 0 aliphatic carbocycles. The van der Waals surface area contributed by atoms with Crippen molar-refractivity contribution >= 4 is 11.8 Å². The Morgan fingerprint density at radius 1 is 1.17 bits per heavy atom. The molecule has 1 aromatic carbocycles. The van der Waals surface area contributed by atoms with Gasteiger partial charge in [-0.3, -0.25) is 9.59 Å². The van der Waals surface area contributed by atoms with Gasteiger partial charge in [0.25, 0.3) is 11.8 Å². The zero-order valence-electron chi connectivity index (χ0n) is 15.0. The molecule has 0 aromatic heterocycles. The fraction of sp³-hybridized carbons (Fsp3) is 0.579. The van der Waals surface area contributed by atoms with Gasteiger partial charge in [-0.1, -0.05) is 6.92 Å². The second kappa shape index (κ2) is 8.29. The highest BCUT2D eigenvalue weighted by molar-refractivity contribution is 5.98. The third kappa shape index (κ3) is 3.96. The monoisotopic (exact) mass is 331 g/mol. The van der Waals surface area contributed by atoms with Gasteiger partial charge in [-0.25, -0.2) is 0 Å². The summed E-state index contributed by atoms with van der Waals surface area (Å²) in [7, 11) is 0. The zero-order valence-corrected chi connectivity index (χ0v) is 15.0. The third-order valence-electron chi connectivity index (χ3n) is 4.94. The van der Waals surface area contributed by atoms with Gasteiger partial charge in [0.2, 0.25) is 0 Å². The highest BCUT2D eigenvalue weighted by atomic mass is 16.2. The average molecular weight is 331 g/mol. The Balaban J connectivity index is 2.12. The van der Waals surface area contributed by atoms with E-state index < -0.39 is 0 Å². The molecule has 2 N–H and O–H groups in total. The van der Waals surface area contributed by atoms with E-state index in [-0.39, 0.29) is 17.9 Å². The molecule has 2 rings (SSSR count). The topological polar surface area (TPSA) is 66.6 Å². The number of hydrogen-bond acceptors (Lipinski definition) is 3. The van der Waals surface area contributed by atoms with Crippen LogP contribution in [-0.4, -0.2) is 53.8 Å². The fourth-order valence-electron chi connectivity index (χ4n) is 3.36. The lowest BCUT2D eigenvalue weighted by Gasteiger charge is -2.38.